The molecule has 0 N–H and O–H groups in total. The summed E-state index contributed by atoms with van der Waals surface area (Å²) in [6.45, 7) is 4.65. The minimum Gasteiger partial charge on any atom is -0.545 e. The number of hydrogen-bond donors (Lipinski definition) is 0. The van der Waals surface area contributed by atoms with Crippen LogP contribution in [0.2, 0.25) is 0 Å². The number of esters is 2. The third kappa shape index (κ3) is 69.3. The number of aliphatic carboxylic acids is 1. The van der Waals surface area contributed by atoms with Gasteiger partial charge in [0.2, 0.25) is 0 Å². The van der Waals surface area contributed by atoms with Crippen LogP contribution in [0.1, 0.15) is 309 Å². The Morgan fingerprint density at radius 2 is 0.655 bits per heavy atom. The Balaban J connectivity index is 4.16. The summed E-state index contributed by atoms with van der Waals surface area (Å²) < 4.78 is 22.8. The molecule has 9 heteroatoms. The van der Waals surface area contributed by atoms with E-state index in [2.05, 4.69) is 123 Å². The number of likely N-dealkylation sites (N-methyl/N-ethyl adjacent to an activating group) is 1. The highest BCUT2D eigenvalue weighted by molar-refractivity contribution is 5.70. The van der Waals surface area contributed by atoms with Crippen molar-refractivity contribution in [3.05, 3.63) is 109 Å². The minimum absolute atomic E-state index is 0.142. The molecule has 0 saturated heterocycles. The molecule has 0 aliphatic carbocycles. The molecule has 0 aromatic heterocycles. The van der Waals surface area contributed by atoms with E-state index in [4.69, 9.17) is 18.9 Å². The fourth-order valence-electron chi connectivity index (χ4n) is 10.1. The normalized spacial score (nSPS) is 13.3. The van der Waals surface area contributed by atoms with Crippen LogP contribution >= 0.6 is 0 Å². The number of hydrogen-bond acceptors (Lipinski definition) is 8. The summed E-state index contributed by atoms with van der Waals surface area (Å²) in [7, 11) is 5.93. The van der Waals surface area contributed by atoms with Gasteiger partial charge in [0.1, 0.15) is 13.2 Å². The largest absolute Gasteiger partial charge is 0.545 e. The minimum atomic E-state index is -1.63. The Bertz CT molecular complexity index is 1800. The molecule has 0 heterocycles. The van der Waals surface area contributed by atoms with Crippen molar-refractivity contribution in [2.45, 2.75) is 322 Å². The molecule has 0 aliphatic rings. The van der Waals surface area contributed by atoms with Crippen LogP contribution in [0.15, 0.2) is 109 Å². The summed E-state index contributed by atoms with van der Waals surface area (Å²) in [6.07, 6.45) is 91.7. The van der Waals surface area contributed by atoms with Gasteiger partial charge >= 0.3 is 11.9 Å². The first kappa shape index (κ1) is 83.0. The first-order chi connectivity index (χ1) is 42.6. The van der Waals surface area contributed by atoms with E-state index in [-0.39, 0.29) is 38.6 Å². The van der Waals surface area contributed by atoms with Crippen molar-refractivity contribution >= 4 is 17.9 Å². The van der Waals surface area contributed by atoms with Gasteiger partial charge in [0, 0.05) is 12.8 Å². The van der Waals surface area contributed by atoms with Gasteiger partial charge in [0.05, 0.1) is 40.3 Å². The van der Waals surface area contributed by atoms with Crippen molar-refractivity contribution in [1.29, 1.82) is 0 Å². The smallest absolute Gasteiger partial charge is 0.306 e. The lowest BCUT2D eigenvalue weighted by Crippen LogP contribution is -2.44. The number of carboxylic acid groups (broad SMARTS) is 1. The number of carbonyl (C=O) groups excluding carboxylic acids is 3. The van der Waals surface area contributed by atoms with Crippen LogP contribution in [0.3, 0.4) is 0 Å². The van der Waals surface area contributed by atoms with Crippen LogP contribution in [0, 0.1) is 0 Å². The zero-order valence-corrected chi connectivity index (χ0v) is 57.1. The topological polar surface area (TPSA) is 111 Å². The molecule has 0 spiro atoms. The molecule has 0 rings (SSSR count). The van der Waals surface area contributed by atoms with Gasteiger partial charge in [0.25, 0.3) is 0 Å². The first-order valence-corrected chi connectivity index (χ1v) is 36.0. The number of quaternary nitrogens is 1. The maximum atomic E-state index is 12.9. The zero-order chi connectivity index (χ0) is 63.3. The van der Waals surface area contributed by atoms with Crippen molar-refractivity contribution in [2.24, 2.45) is 0 Å². The molecule has 87 heavy (non-hydrogen) atoms. The van der Waals surface area contributed by atoms with Gasteiger partial charge in [0.15, 0.2) is 12.4 Å². The Morgan fingerprint density at radius 1 is 0.356 bits per heavy atom. The maximum absolute atomic E-state index is 12.9. The zero-order valence-electron chi connectivity index (χ0n) is 57.1. The van der Waals surface area contributed by atoms with Crippen LogP contribution in [0.25, 0.3) is 0 Å². The average molecular weight is 1210 g/mol. The van der Waals surface area contributed by atoms with Crippen LogP contribution in [0.5, 0.6) is 0 Å². The van der Waals surface area contributed by atoms with Crippen molar-refractivity contribution in [3.8, 4) is 0 Å². The van der Waals surface area contributed by atoms with Gasteiger partial charge in [-0.15, -0.1) is 0 Å². The van der Waals surface area contributed by atoms with E-state index in [0.29, 0.717) is 17.4 Å². The molecule has 0 fully saturated rings. The van der Waals surface area contributed by atoms with Crippen LogP contribution < -0.4 is 5.11 Å². The predicted molar refractivity (Wildman–Crippen MR) is 370 cm³/mol. The fraction of sp³-hybridized carbons (Fsp3) is 0.731. The summed E-state index contributed by atoms with van der Waals surface area (Å²) in [6, 6.07) is 0. The van der Waals surface area contributed by atoms with Crippen molar-refractivity contribution in [1.82, 2.24) is 0 Å². The van der Waals surface area contributed by atoms with Gasteiger partial charge in [-0.3, -0.25) is 9.59 Å². The van der Waals surface area contributed by atoms with Crippen molar-refractivity contribution < 1.29 is 42.9 Å². The third-order valence-corrected chi connectivity index (χ3v) is 15.5. The van der Waals surface area contributed by atoms with Crippen LogP contribution in [0.4, 0.5) is 0 Å². The number of carbonyl (C=O) groups is 3. The molecular formula is C78H135NO8. The lowest BCUT2D eigenvalue weighted by Gasteiger charge is -2.26. The first-order valence-electron chi connectivity index (χ1n) is 36.0. The lowest BCUT2D eigenvalue weighted by atomic mass is 10.0. The summed E-state index contributed by atoms with van der Waals surface area (Å²) in [4.78, 5) is 37.5. The van der Waals surface area contributed by atoms with Crippen molar-refractivity contribution in [2.75, 3.05) is 47.5 Å². The predicted octanol–water partition coefficient (Wildman–Crippen LogP) is 21.2. The average Bonchev–Trinajstić information content (AvgIpc) is 3.56. The SMILES string of the molecule is CC/C=C\C/C=C\C/C=C\C/C=C\C/C=C\C/C=C\C/C=C\C/C=C\C/C=C\CCCCCCCCCC(=O)OC(COC(=O)CCCCCCCCCCCCCCCCCCCCCCCCCCCCC)COC(OCC[N+](C)(C)C)C(=O)[O-]. The van der Waals surface area contributed by atoms with Gasteiger partial charge in [-0.2, -0.15) is 0 Å². The Labute approximate surface area is 536 Å². The summed E-state index contributed by atoms with van der Waals surface area (Å²) in [5.41, 5.74) is 0. The molecule has 0 aromatic carbocycles. The molecule has 0 radical (unpaired) electrons. The van der Waals surface area contributed by atoms with Crippen LogP contribution in [-0.4, -0.2) is 82.3 Å². The lowest BCUT2D eigenvalue weighted by molar-refractivity contribution is -0.870. The molecule has 9 nitrogen and oxygen atoms in total. The van der Waals surface area contributed by atoms with Gasteiger partial charge in [-0.05, 0) is 83.5 Å². The van der Waals surface area contributed by atoms with Gasteiger partial charge in [-0.25, -0.2) is 0 Å². The van der Waals surface area contributed by atoms with E-state index in [1.54, 1.807) is 0 Å². The van der Waals surface area contributed by atoms with E-state index in [1.165, 1.54) is 173 Å². The Hall–Kier alpha value is -4.05. The summed E-state index contributed by atoms with van der Waals surface area (Å²) in [5.74, 6) is -2.29. The van der Waals surface area contributed by atoms with E-state index >= 15 is 0 Å². The Morgan fingerprint density at radius 3 is 0.977 bits per heavy atom. The van der Waals surface area contributed by atoms with Gasteiger partial charge < -0.3 is 33.3 Å². The molecule has 0 amide bonds. The second-order valence-electron chi connectivity index (χ2n) is 25.2. The van der Waals surface area contributed by atoms with E-state index in [1.807, 2.05) is 21.1 Å². The monoisotopic (exact) mass is 1210 g/mol. The second-order valence-corrected chi connectivity index (χ2v) is 25.2. The Kier molecular flexibility index (Phi) is 64.7. The molecule has 0 bridgehead atoms. The van der Waals surface area contributed by atoms with Crippen LogP contribution in [-0.2, 0) is 33.3 Å². The number of rotatable bonds is 66. The number of nitrogens with zero attached hydrogens (tertiary/aromatic N) is 1. The van der Waals surface area contributed by atoms with E-state index < -0.39 is 24.3 Å². The molecular weight excluding hydrogens is 1080 g/mol. The highest BCUT2D eigenvalue weighted by Crippen LogP contribution is 2.18. The number of carboxylic acids is 1. The number of ether oxygens (including phenoxy) is 4. The third-order valence-electron chi connectivity index (χ3n) is 15.5. The maximum Gasteiger partial charge on any atom is 0.306 e. The standard InChI is InChI=1S/C78H135NO8/c1-6-8-10-12-14-16-18-20-22-24-26-28-30-32-34-35-36-37-38-39-40-41-43-45-47-49-51-53-55-57-59-61-63-65-67-69-76(81)87-74(73-86-78(77(82)83)84-71-70-79(3,4)5)72-85-75(80)68-66-64-62-60-58-56-54-52-50-48-46-44-42-33-31-29-27-25-23-21-19-17-15-13-11-9-7-2/h8,10,14,16,20,22,26,28,32,34,36-37,39-40,43,45,49,51,74,78H,6-7,9,11-13,15,17-19,21,23-25,27,29-31,33,35,38,41-42,44,46-48,50,52-73H2,1-5H3/b10-8-,16-14-,22-20-,28-26-,34-32-,37-36-,40-39-,45-43-,51-49-. The summed E-state index contributed by atoms with van der Waals surface area (Å²) >= 11 is 0. The van der Waals surface area contributed by atoms with Gasteiger partial charge in [-0.1, -0.05) is 322 Å². The molecule has 0 aliphatic heterocycles. The van der Waals surface area contributed by atoms with E-state index in [0.717, 1.165) is 103 Å². The van der Waals surface area contributed by atoms with E-state index in [9.17, 15) is 19.5 Å². The molecule has 0 saturated carbocycles. The molecule has 500 valence electrons. The molecule has 2 atom stereocenters. The van der Waals surface area contributed by atoms with Crippen molar-refractivity contribution in [3.63, 3.8) is 0 Å². The molecule has 2 unspecified atom stereocenters. The fourth-order valence-corrected chi connectivity index (χ4v) is 10.1. The number of allylic oxidation sites excluding steroid dienone is 18. The highest BCUT2D eigenvalue weighted by atomic mass is 16.7. The highest BCUT2D eigenvalue weighted by Gasteiger charge is 2.22. The second kappa shape index (κ2) is 67.9. The number of unbranched alkanes of at least 4 members (excludes halogenated alkanes) is 33. The molecule has 0 aromatic rings. The quantitative estimate of drug-likeness (QED) is 0.0195. The summed E-state index contributed by atoms with van der Waals surface area (Å²) in [5, 5.41) is 11.8.